The minimum absolute atomic E-state index is 0.0475. The van der Waals surface area contributed by atoms with Crippen molar-refractivity contribution in [1.82, 2.24) is 24.0 Å². The molecule has 9 rings (SSSR count). The van der Waals surface area contributed by atoms with Gasteiger partial charge in [0.05, 0.1) is 29.7 Å². The van der Waals surface area contributed by atoms with Crippen LogP contribution in [0.1, 0.15) is 52.8 Å². The van der Waals surface area contributed by atoms with Crippen LogP contribution >= 0.6 is 0 Å². The van der Waals surface area contributed by atoms with E-state index in [9.17, 15) is 18.0 Å². The molecule has 2 aromatic carbocycles. The van der Waals surface area contributed by atoms with Gasteiger partial charge in [-0.3, -0.25) is 13.9 Å². The number of piperidine rings is 1. The highest BCUT2D eigenvalue weighted by molar-refractivity contribution is 7.93. The Morgan fingerprint density at radius 1 is 1.00 bits per heavy atom. The molecule has 0 radical (unpaired) electrons. The normalized spacial score (nSPS) is 21.4. The van der Waals surface area contributed by atoms with Gasteiger partial charge in [0.25, 0.3) is 5.91 Å². The summed E-state index contributed by atoms with van der Waals surface area (Å²) in [5, 5.41) is 0.966. The number of carbonyl (C=O) groups excluding carboxylic acids is 2. The lowest BCUT2D eigenvalue weighted by Crippen LogP contribution is -2.37. The van der Waals surface area contributed by atoms with Crippen LogP contribution in [0.15, 0.2) is 48.5 Å². The van der Waals surface area contributed by atoms with E-state index in [2.05, 4.69) is 10.6 Å². The van der Waals surface area contributed by atoms with Crippen molar-refractivity contribution < 1.29 is 22.7 Å². The van der Waals surface area contributed by atoms with Crippen LogP contribution in [0, 0.1) is 11.8 Å². The van der Waals surface area contributed by atoms with Crippen molar-refractivity contribution in [1.29, 1.82) is 0 Å². The van der Waals surface area contributed by atoms with E-state index in [4.69, 9.17) is 14.7 Å². The van der Waals surface area contributed by atoms with Crippen molar-refractivity contribution in [2.45, 2.75) is 44.7 Å². The Hall–Kier alpha value is -4.71. The molecule has 2 bridgehead atoms. The van der Waals surface area contributed by atoms with Gasteiger partial charge in [-0.25, -0.2) is 18.4 Å². The number of nitrogens with zero attached hydrogens (tertiary/aromatic N) is 6. The highest BCUT2D eigenvalue weighted by Crippen LogP contribution is 2.41. The first-order valence-corrected chi connectivity index (χ1v) is 18.2. The van der Waals surface area contributed by atoms with Crippen molar-refractivity contribution >= 4 is 49.5 Å². The third-order valence-electron chi connectivity index (χ3n) is 10.8. The number of rotatable bonds is 6. The second-order valence-electron chi connectivity index (χ2n) is 13.9. The lowest BCUT2D eigenvalue weighted by Gasteiger charge is -2.27. The zero-order valence-electron chi connectivity index (χ0n) is 27.1. The SMILES string of the molecule is COc1cc(C(=O)N2CC3CCC2C3)cc2nc(-c3cc4ccc(-c5ccc6c(c5)C(=O)CS(=O)(=O)N6C)nc4n3CC3CC3)n(C)c12. The average molecular weight is 665 g/mol. The maximum Gasteiger partial charge on any atom is 0.254 e. The Balaban J connectivity index is 1.14. The Morgan fingerprint density at radius 3 is 2.56 bits per heavy atom. The van der Waals surface area contributed by atoms with Crippen molar-refractivity contribution in [3.63, 3.8) is 0 Å². The molecule has 1 saturated heterocycles. The van der Waals surface area contributed by atoms with E-state index in [0.29, 0.717) is 51.7 Å². The van der Waals surface area contributed by atoms with Gasteiger partial charge < -0.3 is 18.8 Å². The van der Waals surface area contributed by atoms with Gasteiger partial charge >= 0.3 is 0 Å². The number of pyridine rings is 1. The summed E-state index contributed by atoms with van der Waals surface area (Å²) in [4.78, 5) is 38.8. The number of anilines is 1. The summed E-state index contributed by atoms with van der Waals surface area (Å²) in [6.45, 7) is 1.62. The smallest absolute Gasteiger partial charge is 0.254 e. The molecule has 5 aromatic rings. The van der Waals surface area contributed by atoms with E-state index in [0.717, 1.165) is 72.4 Å². The van der Waals surface area contributed by atoms with Crippen LogP contribution in [0.2, 0.25) is 0 Å². The van der Waals surface area contributed by atoms with Gasteiger partial charge in [0.2, 0.25) is 10.0 Å². The number of sulfonamides is 1. The molecule has 2 unspecified atom stereocenters. The van der Waals surface area contributed by atoms with E-state index < -0.39 is 21.6 Å². The van der Waals surface area contributed by atoms with Gasteiger partial charge in [-0.05, 0) is 86.4 Å². The molecule has 11 nitrogen and oxygen atoms in total. The molecule has 2 atom stereocenters. The largest absolute Gasteiger partial charge is 0.494 e. The van der Waals surface area contributed by atoms with Crippen LogP contribution in [0.3, 0.4) is 0 Å². The topological polar surface area (TPSA) is 120 Å². The fraction of sp³-hybridized carbons (Fsp3) is 0.389. The molecule has 3 fully saturated rings. The summed E-state index contributed by atoms with van der Waals surface area (Å²) in [7, 11) is 1.42. The van der Waals surface area contributed by atoms with Crippen LogP contribution in [-0.4, -0.2) is 76.6 Å². The van der Waals surface area contributed by atoms with Gasteiger partial charge in [-0.2, -0.15) is 0 Å². The summed E-state index contributed by atoms with van der Waals surface area (Å²) in [6, 6.07) is 15.4. The Morgan fingerprint density at radius 2 is 1.83 bits per heavy atom. The number of amides is 1. The second-order valence-corrected chi connectivity index (χ2v) is 15.9. The van der Waals surface area contributed by atoms with Gasteiger partial charge in [0.15, 0.2) is 11.6 Å². The Kier molecular flexibility index (Phi) is 6.37. The van der Waals surface area contributed by atoms with Gasteiger partial charge in [-0.1, -0.05) is 6.07 Å². The molecular formula is C36H36N6O5S. The number of fused-ring (bicyclic) bond motifs is 5. The average Bonchev–Trinajstić information content (AvgIpc) is 3.35. The number of ether oxygens (including phenoxy) is 1. The summed E-state index contributed by atoms with van der Waals surface area (Å²) in [5.74, 6) is 1.63. The second kappa shape index (κ2) is 10.4. The molecule has 1 amide bonds. The van der Waals surface area contributed by atoms with Gasteiger partial charge in [0.1, 0.15) is 22.7 Å². The molecule has 12 heteroatoms. The van der Waals surface area contributed by atoms with Crippen LogP contribution in [0.25, 0.3) is 44.8 Å². The number of ketones is 1. The number of aromatic nitrogens is 4. The Labute approximate surface area is 278 Å². The number of hydrogen-bond donors (Lipinski definition) is 0. The molecule has 4 aliphatic rings. The number of imidazole rings is 1. The molecule has 2 aliphatic carbocycles. The summed E-state index contributed by atoms with van der Waals surface area (Å²) in [6.07, 6.45) is 5.71. The monoisotopic (exact) mass is 664 g/mol. The molecule has 48 heavy (non-hydrogen) atoms. The maximum atomic E-state index is 13.7. The van der Waals surface area contributed by atoms with E-state index in [1.807, 2.05) is 46.8 Å². The number of likely N-dealkylation sites (tertiary alicyclic amines) is 1. The minimum Gasteiger partial charge on any atom is -0.494 e. The molecular weight excluding hydrogens is 628 g/mol. The van der Waals surface area contributed by atoms with E-state index in [1.54, 1.807) is 19.2 Å². The van der Waals surface area contributed by atoms with E-state index >= 15 is 0 Å². The fourth-order valence-electron chi connectivity index (χ4n) is 8.06. The first kappa shape index (κ1) is 29.4. The third kappa shape index (κ3) is 4.48. The lowest BCUT2D eigenvalue weighted by molar-refractivity contribution is 0.0703. The zero-order chi connectivity index (χ0) is 33.1. The molecule has 5 heterocycles. The molecule has 2 saturated carbocycles. The van der Waals surface area contributed by atoms with Crippen LogP contribution < -0.4 is 9.04 Å². The lowest BCUT2D eigenvalue weighted by atomic mass is 10.0. The molecule has 0 N–H and O–H groups in total. The number of benzene rings is 2. The van der Waals surface area contributed by atoms with E-state index in [1.165, 1.54) is 17.8 Å². The number of aryl methyl sites for hydroxylation is 1. The highest BCUT2D eigenvalue weighted by atomic mass is 32.2. The maximum absolute atomic E-state index is 13.7. The number of carbonyl (C=O) groups is 2. The number of Topliss-reactive ketones (excluding diaryl/α,β-unsaturated/α-hetero) is 1. The molecule has 246 valence electrons. The van der Waals surface area contributed by atoms with Crippen LogP contribution in [-0.2, 0) is 23.6 Å². The number of methoxy groups -OCH3 is 1. The predicted molar refractivity (Wildman–Crippen MR) is 183 cm³/mol. The summed E-state index contributed by atoms with van der Waals surface area (Å²) < 4.78 is 36.1. The minimum atomic E-state index is -3.67. The first-order valence-electron chi connectivity index (χ1n) is 16.6. The Bertz CT molecular complexity index is 2320. The molecule has 2 aliphatic heterocycles. The van der Waals surface area contributed by atoms with Crippen LogP contribution in [0.5, 0.6) is 5.75 Å². The van der Waals surface area contributed by atoms with Crippen molar-refractivity contribution in [3.05, 3.63) is 59.7 Å². The van der Waals surface area contributed by atoms with Crippen molar-refractivity contribution in [2.75, 3.05) is 30.8 Å². The highest BCUT2D eigenvalue weighted by Gasteiger charge is 2.41. The standard InChI is InChI=1S/C36H36N6O5S/c1-39-33-28(14-24(16-32(33)47-3)36(44)41-18-21-6-9-25(41)12-21)38-35(39)30-15-23-7-10-27(37-34(23)42(30)17-20-4-5-20)22-8-11-29-26(13-22)31(43)19-48(45,46)40(29)2/h7-8,10-11,13-16,20-21,25H,4-6,9,12,17-19H2,1-3H3. The van der Waals surface area contributed by atoms with E-state index in [-0.39, 0.29) is 5.91 Å². The number of hydrogen-bond acceptors (Lipinski definition) is 7. The van der Waals surface area contributed by atoms with Gasteiger partial charge in [0, 0.05) is 55.3 Å². The fourth-order valence-corrected chi connectivity index (χ4v) is 9.20. The quantitative estimate of drug-likeness (QED) is 0.243. The molecule has 3 aromatic heterocycles. The summed E-state index contributed by atoms with van der Waals surface area (Å²) >= 11 is 0. The van der Waals surface area contributed by atoms with Gasteiger partial charge in [-0.15, -0.1) is 0 Å². The predicted octanol–water partition coefficient (Wildman–Crippen LogP) is 5.26. The van der Waals surface area contributed by atoms with Crippen LogP contribution in [0.4, 0.5) is 5.69 Å². The zero-order valence-corrected chi connectivity index (χ0v) is 28.0. The molecule has 0 spiro atoms. The van der Waals surface area contributed by atoms with Crippen molar-refractivity contribution in [3.8, 4) is 28.5 Å². The first-order chi connectivity index (χ1) is 23.1. The summed E-state index contributed by atoms with van der Waals surface area (Å²) in [5.41, 5.74) is 6.09. The van der Waals surface area contributed by atoms with Crippen molar-refractivity contribution in [2.24, 2.45) is 18.9 Å². The third-order valence-corrected chi connectivity index (χ3v) is 12.5.